The molecule has 0 aliphatic carbocycles. The quantitative estimate of drug-likeness (QED) is 0.784. The molecule has 4 heteroatoms. The molecule has 0 saturated carbocycles. The van der Waals surface area contributed by atoms with E-state index in [1.165, 1.54) is 4.90 Å². The average Bonchev–Trinajstić information content (AvgIpc) is 2.66. The highest BCUT2D eigenvalue weighted by Gasteiger charge is 2.39. The lowest BCUT2D eigenvalue weighted by Crippen LogP contribution is -2.25. The second-order valence-corrected chi connectivity index (χ2v) is 5.45. The maximum Gasteiger partial charge on any atom is 0.268 e. The number of carbonyl (C=O) groups is 1. The van der Waals surface area contributed by atoms with Gasteiger partial charge in [-0.15, -0.1) is 0 Å². The Morgan fingerprint density at radius 3 is 2.61 bits per heavy atom. The molecule has 1 amide bonds. The van der Waals surface area contributed by atoms with Crippen molar-refractivity contribution in [3.05, 3.63) is 48.0 Å². The number of hydrogen-bond donors (Lipinski definition) is 0. The molecule has 0 unspecified atom stereocenters. The van der Waals surface area contributed by atoms with Gasteiger partial charge in [-0.2, -0.15) is 0 Å². The third-order valence-electron chi connectivity index (χ3n) is 3.23. The third kappa shape index (κ3) is 1.68. The minimum atomic E-state index is -1.45. The monoisotopic (exact) mass is 261 g/mol. The van der Waals surface area contributed by atoms with Crippen molar-refractivity contribution in [2.45, 2.75) is 10.9 Å². The minimum absolute atomic E-state index is 0.237. The van der Waals surface area contributed by atoms with Crippen molar-refractivity contribution >= 4 is 28.4 Å². The molecule has 0 spiro atoms. The molecule has 0 radical (unpaired) electrons. The van der Waals surface area contributed by atoms with Crippen LogP contribution in [0.15, 0.2) is 42.5 Å². The summed E-state index contributed by atoms with van der Waals surface area (Å²) in [7, 11) is 1.65. The zero-order valence-electron chi connectivity index (χ0n) is 9.84. The van der Waals surface area contributed by atoms with Gasteiger partial charge in [-0.25, -0.2) is 4.39 Å². The summed E-state index contributed by atoms with van der Waals surface area (Å²) in [5, 5.41) is 1.95. The van der Waals surface area contributed by atoms with E-state index in [0.29, 0.717) is 0 Å². The van der Waals surface area contributed by atoms with Gasteiger partial charge in [0.1, 0.15) is 5.37 Å². The maximum absolute atomic E-state index is 13.5. The number of hydrogen-bond acceptors (Lipinski definition) is 2. The van der Waals surface area contributed by atoms with Crippen LogP contribution in [0.2, 0.25) is 0 Å². The van der Waals surface area contributed by atoms with Gasteiger partial charge in [0.25, 0.3) is 5.91 Å². The van der Waals surface area contributed by atoms with Crippen molar-refractivity contribution in [1.82, 2.24) is 4.90 Å². The average molecular weight is 261 g/mol. The second kappa shape index (κ2) is 4.28. The first kappa shape index (κ1) is 11.5. The summed E-state index contributed by atoms with van der Waals surface area (Å²) >= 11 is 1.06. The Kier molecular flexibility index (Phi) is 2.74. The van der Waals surface area contributed by atoms with Crippen LogP contribution < -0.4 is 0 Å². The van der Waals surface area contributed by atoms with Gasteiger partial charge in [0.2, 0.25) is 5.50 Å². The van der Waals surface area contributed by atoms with Gasteiger partial charge in [-0.05, 0) is 16.3 Å². The van der Waals surface area contributed by atoms with Gasteiger partial charge in [-0.1, -0.05) is 54.2 Å². The standard InChI is InChI=1S/C14H12FNOS/c1-16-13(17)12(15)18-14(16)11-8-4-6-9-5-2-3-7-10(9)11/h2-8,12,14H,1H3/t12-,14+/m1/s1. The van der Waals surface area contributed by atoms with Crippen LogP contribution in [0.5, 0.6) is 0 Å². The summed E-state index contributed by atoms with van der Waals surface area (Å²) in [6, 6.07) is 13.9. The largest absolute Gasteiger partial charge is 0.326 e. The van der Waals surface area contributed by atoms with Crippen LogP contribution in [-0.4, -0.2) is 23.4 Å². The topological polar surface area (TPSA) is 20.3 Å². The van der Waals surface area contributed by atoms with Crippen molar-refractivity contribution < 1.29 is 9.18 Å². The van der Waals surface area contributed by atoms with Crippen LogP contribution in [0.25, 0.3) is 10.8 Å². The lowest BCUT2D eigenvalue weighted by Gasteiger charge is -2.20. The molecule has 1 fully saturated rings. The van der Waals surface area contributed by atoms with E-state index in [2.05, 4.69) is 0 Å². The van der Waals surface area contributed by atoms with E-state index >= 15 is 0 Å². The zero-order valence-corrected chi connectivity index (χ0v) is 10.7. The Balaban J connectivity index is 2.13. The Hall–Kier alpha value is -1.55. The molecule has 2 aromatic carbocycles. The number of rotatable bonds is 1. The van der Waals surface area contributed by atoms with Crippen molar-refractivity contribution in [2.24, 2.45) is 0 Å². The fraction of sp³-hybridized carbons (Fsp3) is 0.214. The highest BCUT2D eigenvalue weighted by molar-refractivity contribution is 8.01. The fourth-order valence-corrected chi connectivity index (χ4v) is 3.43. The third-order valence-corrected chi connectivity index (χ3v) is 4.50. The van der Waals surface area contributed by atoms with Gasteiger partial charge in [0.05, 0.1) is 0 Å². The first-order valence-electron chi connectivity index (χ1n) is 5.72. The summed E-state index contributed by atoms with van der Waals surface area (Å²) < 4.78 is 13.5. The maximum atomic E-state index is 13.5. The van der Waals surface area contributed by atoms with Crippen LogP contribution in [0.1, 0.15) is 10.9 Å². The van der Waals surface area contributed by atoms with Crippen molar-refractivity contribution in [1.29, 1.82) is 0 Å². The van der Waals surface area contributed by atoms with E-state index in [4.69, 9.17) is 0 Å². The molecule has 0 bridgehead atoms. The lowest BCUT2D eigenvalue weighted by atomic mass is 10.0. The van der Waals surface area contributed by atoms with E-state index in [1.807, 2.05) is 42.5 Å². The number of amides is 1. The number of alkyl halides is 1. The van der Waals surface area contributed by atoms with E-state index in [0.717, 1.165) is 28.1 Å². The summed E-state index contributed by atoms with van der Waals surface area (Å²) in [6.07, 6.45) is 0. The van der Waals surface area contributed by atoms with Gasteiger partial charge in [0.15, 0.2) is 0 Å². The molecule has 3 rings (SSSR count). The second-order valence-electron chi connectivity index (χ2n) is 4.32. The zero-order chi connectivity index (χ0) is 12.7. The normalized spacial score (nSPS) is 23.9. The van der Waals surface area contributed by atoms with Crippen LogP contribution >= 0.6 is 11.8 Å². The van der Waals surface area contributed by atoms with E-state index < -0.39 is 11.4 Å². The van der Waals surface area contributed by atoms with Gasteiger partial charge in [-0.3, -0.25) is 4.79 Å². The van der Waals surface area contributed by atoms with E-state index in [1.54, 1.807) is 7.05 Å². The Morgan fingerprint density at radius 1 is 1.17 bits per heavy atom. The predicted molar refractivity (Wildman–Crippen MR) is 71.9 cm³/mol. The summed E-state index contributed by atoms with van der Waals surface area (Å²) in [4.78, 5) is 13.0. The van der Waals surface area contributed by atoms with Crippen LogP contribution in [0, 0.1) is 0 Å². The van der Waals surface area contributed by atoms with E-state index in [9.17, 15) is 9.18 Å². The molecule has 92 valence electrons. The highest BCUT2D eigenvalue weighted by atomic mass is 32.2. The van der Waals surface area contributed by atoms with Crippen LogP contribution in [0.3, 0.4) is 0 Å². The van der Waals surface area contributed by atoms with Gasteiger partial charge in [0, 0.05) is 7.05 Å². The molecule has 2 aromatic rings. The summed E-state index contributed by atoms with van der Waals surface area (Å²) in [6.45, 7) is 0. The molecule has 0 N–H and O–H groups in total. The molecular weight excluding hydrogens is 249 g/mol. The molecule has 2 atom stereocenters. The van der Waals surface area contributed by atoms with Gasteiger partial charge < -0.3 is 4.90 Å². The number of nitrogens with zero attached hydrogens (tertiary/aromatic N) is 1. The first-order chi connectivity index (χ1) is 8.68. The molecule has 1 aliphatic rings. The minimum Gasteiger partial charge on any atom is -0.326 e. The Bertz CT molecular complexity index is 610. The number of halogens is 1. The number of thioether (sulfide) groups is 1. The number of benzene rings is 2. The number of fused-ring (bicyclic) bond motifs is 1. The molecular formula is C14H12FNOS. The predicted octanol–water partition coefficient (Wildman–Crippen LogP) is 3.34. The molecule has 1 aliphatic heterocycles. The fourth-order valence-electron chi connectivity index (χ4n) is 2.29. The molecule has 1 saturated heterocycles. The first-order valence-corrected chi connectivity index (χ1v) is 6.66. The van der Waals surface area contributed by atoms with Crippen molar-refractivity contribution in [3.63, 3.8) is 0 Å². The molecule has 0 aromatic heterocycles. The Labute approximate surface area is 109 Å². The van der Waals surface area contributed by atoms with Crippen molar-refractivity contribution in [3.8, 4) is 0 Å². The lowest BCUT2D eigenvalue weighted by molar-refractivity contribution is -0.131. The SMILES string of the molecule is CN1C(=O)[C@H](F)S[C@H]1c1cccc2ccccc12. The molecule has 2 nitrogen and oxygen atoms in total. The van der Waals surface area contributed by atoms with Crippen LogP contribution in [-0.2, 0) is 4.79 Å². The summed E-state index contributed by atoms with van der Waals surface area (Å²) in [5.74, 6) is -0.446. The highest BCUT2D eigenvalue weighted by Crippen LogP contribution is 2.44. The summed E-state index contributed by atoms with van der Waals surface area (Å²) in [5.41, 5.74) is -0.451. The van der Waals surface area contributed by atoms with Crippen molar-refractivity contribution in [2.75, 3.05) is 7.05 Å². The molecule has 1 heterocycles. The molecule has 18 heavy (non-hydrogen) atoms. The number of carbonyl (C=O) groups excluding carboxylic acids is 1. The Morgan fingerprint density at radius 2 is 1.89 bits per heavy atom. The van der Waals surface area contributed by atoms with Gasteiger partial charge >= 0.3 is 0 Å². The van der Waals surface area contributed by atoms with E-state index in [-0.39, 0.29) is 5.37 Å². The van der Waals surface area contributed by atoms with Crippen LogP contribution in [0.4, 0.5) is 4.39 Å². The smallest absolute Gasteiger partial charge is 0.268 e.